The Kier molecular flexibility index (Phi) is 6.36. The van der Waals surface area contributed by atoms with E-state index < -0.39 is 35.4 Å². The first-order valence-corrected chi connectivity index (χ1v) is 14.6. The summed E-state index contributed by atoms with van der Waals surface area (Å²) in [5.74, 6) is -2.51. The number of rotatable bonds is 6. The minimum atomic E-state index is -0.418. The van der Waals surface area contributed by atoms with Crippen molar-refractivity contribution in [2.75, 3.05) is 0 Å². The van der Waals surface area contributed by atoms with Gasteiger partial charge in [0.1, 0.15) is 0 Å². The summed E-state index contributed by atoms with van der Waals surface area (Å²) >= 11 is 0. The lowest BCUT2D eigenvalue weighted by atomic mass is 9.87. The highest BCUT2D eigenvalue weighted by molar-refractivity contribution is 6.22. The van der Waals surface area contributed by atoms with Crippen molar-refractivity contribution in [1.82, 2.24) is 14.7 Å². The molecule has 9 heteroatoms. The van der Waals surface area contributed by atoms with Crippen LogP contribution in [0.4, 0.5) is 0 Å². The van der Waals surface area contributed by atoms with Gasteiger partial charge in [-0.2, -0.15) is 0 Å². The minimum absolute atomic E-state index is 0.0610. The Bertz CT molecular complexity index is 1700. The van der Waals surface area contributed by atoms with E-state index in [0.717, 1.165) is 0 Å². The van der Waals surface area contributed by atoms with E-state index in [4.69, 9.17) is 0 Å². The van der Waals surface area contributed by atoms with Crippen molar-refractivity contribution in [1.29, 1.82) is 0 Å². The fraction of sp³-hybridized carbons (Fsp3) is 0.167. The SMILES string of the molecule is Cc1c(CN2C(=O)c3ccccc3C2=O)c(C)c(CN2C(=O)c3ccccc3C2=O)c(C)c1CN1C(=O)c2ccccc2C1=O. The zero-order valence-corrected chi connectivity index (χ0v) is 24.8. The number of fused-ring (bicyclic) bond motifs is 3. The quantitative estimate of drug-likeness (QED) is 0.289. The zero-order chi connectivity index (χ0) is 31.7. The molecule has 0 aliphatic carbocycles. The predicted molar refractivity (Wildman–Crippen MR) is 163 cm³/mol. The molecule has 45 heavy (non-hydrogen) atoms. The van der Waals surface area contributed by atoms with Crippen molar-refractivity contribution in [3.05, 3.63) is 140 Å². The molecule has 0 aromatic heterocycles. The molecule has 3 aliphatic heterocycles. The molecule has 0 atom stereocenters. The highest BCUT2D eigenvalue weighted by Crippen LogP contribution is 2.35. The van der Waals surface area contributed by atoms with E-state index in [1.807, 2.05) is 20.8 Å². The average molecular weight is 598 g/mol. The van der Waals surface area contributed by atoms with Crippen molar-refractivity contribution in [3.8, 4) is 0 Å². The number of carbonyl (C=O) groups is 6. The summed E-state index contributed by atoms with van der Waals surface area (Å²) < 4.78 is 0. The highest BCUT2D eigenvalue weighted by Gasteiger charge is 2.40. The molecule has 0 saturated carbocycles. The molecule has 6 amide bonds. The summed E-state index contributed by atoms with van der Waals surface area (Å²) in [7, 11) is 0. The number of benzene rings is 4. The molecule has 0 unspecified atom stereocenters. The molecule has 4 aromatic carbocycles. The van der Waals surface area contributed by atoms with Gasteiger partial charge in [-0.25, -0.2) is 0 Å². The van der Waals surface area contributed by atoms with Crippen LogP contribution in [0.15, 0.2) is 72.8 Å². The summed E-state index contributed by atoms with van der Waals surface area (Å²) in [4.78, 5) is 83.7. The normalized spacial score (nSPS) is 15.4. The molecule has 4 aromatic rings. The van der Waals surface area contributed by atoms with Crippen LogP contribution in [0.2, 0.25) is 0 Å². The summed E-state index contributed by atoms with van der Waals surface area (Å²) in [5.41, 5.74) is 6.01. The van der Waals surface area contributed by atoms with Gasteiger partial charge in [-0.05, 0) is 90.6 Å². The molecule has 7 rings (SSSR count). The summed E-state index contributed by atoms with van der Waals surface area (Å²) in [6, 6.07) is 19.9. The van der Waals surface area contributed by atoms with Gasteiger partial charge < -0.3 is 0 Å². The van der Waals surface area contributed by atoms with E-state index in [9.17, 15) is 28.8 Å². The van der Waals surface area contributed by atoms with Gasteiger partial charge in [-0.15, -0.1) is 0 Å². The minimum Gasteiger partial charge on any atom is -0.270 e. The van der Waals surface area contributed by atoms with Gasteiger partial charge in [0.05, 0.1) is 53.0 Å². The van der Waals surface area contributed by atoms with Crippen molar-refractivity contribution in [3.63, 3.8) is 0 Å². The van der Waals surface area contributed by atoms with E-state index >= 15 is 0 Å². The lowest BCUT2D eigenvalue weighted by Gasteiger charge is -2.28. The first kappa shape index (κ1) is 28.1. The van der Waals surface area contributed by atoms with Gasteiger partial charge in [0, 0.05) is 0 Å². The van der Waals surface area contributed by atoms with Gasteiger partial charge in [0.25, 0.3) is 35.4 Å². The third-order valence-corrected chi connectivity index (χ3v) is 9.30. The Morgan fingerprint density at radius 1 is 0.356 bits per heavy atom. The Hall–Kier alpha value is -5.70. The van der Waals surface area contributed by atoms with E-state index in [0.29, 0.717) is 66.8 Å². The van der Waals surface area contributed by atoms with Crippen LogP contribution in [0, 0.1) is 20.8 Å². The van der Waals surface area contributed by atoms with Crippen LogP contribution >= 0.6 is 0 Å². The largest absolute Gasteiger partial charge is 0.270 e. The van der Waals surface area contributed by atoms with Crippen LogP contribution in [-0.4, -0.2) is 50.1 Å². The molecule has 0 spiro atoms. The fourth-order valence-corrected chi connectivity index (χ4v) is 6.72. The highest BCUT2D eigenvalue weighted by atomic mass is 16.2. The number of amides is 6. The second-order valence-corrected chi connectivity index (χ2v) is 11.5. The maximum Gasteiger partial charge on any atom is 0.261 e. The molecule has 0 saturated heterocycles. The number of hydrogen-bond acceptors (Lipinski definition) is 6. The molecular weight excluding hydrogens is 570 g/mol. The maximum atomic E-state index is 13.4. The number of carbonyl (C=O) groups excluding carboxylic acids is 6. The third kappa shape index (κ3) is 4.07. The van der Waals surface area contributed by atoms with Gasteiger partial charge in [-0.3, -0.25) is 43.5 Å². The number of nitrogens with zero attached hydrogens (tertiary/aromatic N) is 3. The second-order valence-electron chi connectivity index (χ2n) is 11.5. The van der Waals surface area contributed by atoms with E-state index in [1.165, 1.54) is 14.7 Å². The second kappa shape index (κ2) is 10.2. The average Bonchev–Trinajstić information content (AvgIpc) is 3.55. The Labute approximate surface area is 258 Å². The molecule has 3 aliphatic rings. The topological polar surface area (TPSA) is 112 Å². The lowest BCUT2D eigenvalue weighted by molar-refractivity contribution is 0.0630. The molecule has 9 nitrogen and oxygen atoms in total. The van der Waals surface area contributed by atoms with Gasteiger partial charge >= 0.3 is 0 Å². The molecule has 0 fully saturated rings. The van der Waals surface area contributed by atoms with E-state index in [2.05, 4.69) is 0 Å². The monoisotopic (exact) mass is 597 g/mol. The Morgan fingerprint density at radius 2 is 0.533 bits per heavy atom. The maximum absolute atomic E-state index is 13.4. The third-order valence-electron chi connectivity index (χ3n) is 9.30. The van der Waals surface area contributed by atoms with Crippen molar-refractivity contribution in [2.24, 2.45) is 0 Å². The summed E-state index contributed by atoms with van der Waals surface area (Å²) in [5, 5.41) is 0. The van der Waals surface area contributed by atoms with Crippen LogP contribution in [0.3, 0.4) is 0 Å². The smallest absolute Gasteiger partial charge is 0.261 e. The Balaban J connectivity index is 1.33. The van der Waals surface area contributed by atoms with E-state index in [-0.39, 0.29) is 19.6 Å². The molecule has 0 N–H and O–H groups in total. The first-order valence-electron chi connectivity index (χ1n) is 14.6. The fourth-order valence-electron chi connectivity index (χ4n) is 6.72. The van der Waals surface area contributed by atoms with Crippen LogP contribution < -0.4 is 0 Å². The van der Waals surface area contributed by atoms with Crippen LogP contribution in [0.5, 0.6) is 0 Å². The van der Waals surface area contributed by atoms with Crippen molar-refractivity contribution >= 4 is 35.4 Å². The summed E-state index contributed by atoms with van der Waals surface area (Å²) in [6.45, 7) is 5.34. The van der Waals surface area contributed by atoms with Crippen LogP contribution in [0.1, 0.15) is 95.5 Å². The van der Waals surface area contributed by atoms with Crippen molar-refractivity contribution < 1.29 is 28.8 Å². The predicted octanol–water partition coefficient (Wildman–Crippen LogP) is 5.00. The van der Waals surface area contributed by atoms with Gasteiger partial charge in [0.15, 0.2) is 0 Å². The van der Waals surface area contributed by atoms with Crippen molar-refractivity contribution in [2.45, 2.75) is 40.4 Å². The molecular formula is C36H27N3O6. The van der Waals surface area contributed by atoms with Crippen LogP contribution in [-0.2, 0) is 19.6 Å². The number of hydrogen-bond donors (Lipinski definition) is 0. The van der Waals surface area contributed by atoms with Crippen LogP contribution in [0.25, 0.3) is 0 Å². The van der Waals surface area contributed by atoms with Gasteiger partial charge in [0.2, 0.25) is 0 Å². The van der Waals surface area contributed by atoms with E-state index in [1.54, 1.807) is 72.8 Å². The summed E-state index contributed by atoms with van der Waals surface area (Å²) in [6.07, 6.45) is 0. The molecule has 222 valence electrons. The molecule has 3 heterocycles. The Morgan fingerprint density at radius 3 is 0.711 bits per heavy atom. The first-order chi connectivity index (χ1) is 21.6. The lowest BCUT2D eigenvalue weighted by Crippen LogP contribution is -2.33. The van der Waals surface area contributed by atoms with Gasteiger partial charge in [-0.1, -0.05) is 36.4 Å². The number of imide groups is 3. The molecule has 0 bridgehead atoms. The standard InChI is InChI=1S/C36H27N3O6/c1-19-28(16-37-31(40)22-10-4-5-11-23(22)32(37)41)20(2)30(18-39-35(44)26-14-8-9-15-27(26)36(39)45)21(3)29(19)17-38-33(42)24-12-6-7-13-25(24)34(38)43/h4-15H,16-18H2,1-3H3. The zero-order valence-electron chi connectivity index (χ0n) is 24.8. The molecule has 0 radical (unpaired) electrons.